The molecular weight excluding hydrogens is 262 g/mol. The molecule has 3 rings (SSSR count). The predicted octanol–water partition coefficient (Wildman–Crippen LogP) is 1.47. The Bertz CT molecular complexity index is 578. The molecule has 2 aromatic rings. The van der Waals surface area contributed by atoms with E-state index in [0.29, 0.717) is 24.1 Å². The summed E-state index contributed by atoms with van der Waals surface area (Å²) in [7, 11) is 1.40. The maximum absolute atomic E-state index is 11.7. The van der Waals surface area contributed by atoms with Crippen LogP contribution in [0.5, 0.6) is 0 Å². The topological polar surface area (TPSA) is 81.6 Å². The molecule has 0 spiro atoms. The number of carbonyl (C=O) groups excluding carboxylic acids is 1. The zero-order chi connectivity index (χ0) is 13.9. The third-order valence-corrected chi connectivity index (χ3v) is 3.37. The molecule has 1 fully saturated rings. The Morgan fingerprint density at radius 2 is 2.45 bits per heavy atom. The molecule has 0 saturated carbocycles. The highest BCUT2D eigenvalue weighted by molar-refractivity contribution is 5.75. The molecule has 3 heterocycles. The number of carbonyl (C=O) groups is 1. The van der Waals surface area contributed by atoms with E-state index in [4.69, 9.17) is 13.6 Å². The van der Waals surface area contributed by atoms with Crippen LogP contribution in [0.4, 0.5) is 0 Å². The van der Waals surface area contributed by atoms with Crippen LogP contribution in [0.2, 0.25) is 0 Å². The zero-order valence-electron chi connectivity index (χ0n) is 11.1. The number of esters is 1. The first kappa shape index (κ1) is 12.9. The average Bonchev–Trinajstić information content (AvgIpc) is 3.19. The number of furan rings is 1. The van der Waals surface area contributed by atoms with Gasteiger partial charge in [-0.15, -0.1) is 10.2 Å². The van der Waals surface area contributed by atoms with E-state index < -0.39 is 0 Å². The lowest BCUT2D eigenvalue weighted by Gasteiger charge is -2.20. The van der Waals surface area contributed by atoms with Crippen LogP contribution in [-0.2, 0) is 16.1 Å². The van der Waals surface area contributed by atoms with Crippen molar-refractivity contribution in [1.82, 2.24) is 15.1 Å². The van der Waals surface area contributed by atoms with E-state index >= 15 is 0 Å². The Labute approximate surface area is 115 Å². The Morgan fingerprint density at radius 1 is 1.55 bits per heavy atom. The molecule has 0 amide bonds. The zero-order valence-corrected chi connectivity index (χ0v) is 11.1. The summed E-state index contributed by atoms with van der Waals surface area (Å²) in [5, 5.41) is 7.92. The molecule has 1 atom stereocenters. The Morgan fingerprint density at radius 3 is 3.20 bits per heavy atom. The quantitative estimate of drug-likeness (QED) is 0.782. The highest BCUT2D eigenvalue weighted by atomic mass is 16.5. The molecule has 7 heteroatoms. The highest BCUT2D eigenvalue weighted by Gasteiger charge is 2.32. The molecule has 0 aromatic carbocycles. The summed E-state index contributed by atoms with van der Waals surface area (Å²) < 4.78 is 15.5. The maximum atomic E-state index is 11.7. The van der Waals surface area contributed by atoms with Crippen LogP contribution >= 0.6 is 0 Å². The van der Waals surface area contributed by atoms with Crippen LogP contribution in [0.25, 0.3) is 11.7 Å². The van der Waals surface area contributed by atoms with Crippen LogP contribution in [0.3, 0.4) is 0 Å². The van der Waals surface area contributed by atoms with Gasteiger partial charge in [-0.1, -0.05) is 0 Å². The number of ether oxygens (including phenoxy) is 1. The van der Waals surface area contributed by atoms with E-state index in [1.54, 1.807) is 18.4 Å². The summed E-state index contributed by atoms with van der Waals surface area (Å²) in [5.74, 6) is 1.13. The van der Waals surface area contributed by atoms with E-state index in [0.717, 1.165) is 19.4 Å². The minimum absolute atomic E-state index is 0.215. The molecular formula is C13H15N3O4. The first-order valence-corrected chi connectivity index (χ1v) is 6.46. The van der Waals surface area contributed by atoms with Crippen molar-refractivity contribution >= 4 is 5.97 Å². The minimum atomic E-state index is -0.223. The molecule has 1 aliphatic heterocycles. The van der Waals surface area contributed by atoms with Gasteiger partial charge in [-0.2, -0.15) is 0 Å². The number of hydrogen-bond acceptors (Lipinski definition) is 7. The summed E-state index contributed by atoms with van der Waals surface area (Å²) in [6.45, 7) is 1.26. The summed E-state index contributed by atoms with van der Waals surface area (Å²) >= 11 is 0. The van der Waals surface area contributed by atoms with Crippen LogP contribution < -0.4 is 0 Å². The predicted molar refractivity (Wildman–Crippen MR) is 67.4 cm³/mol. The van der Waals surface area contributed by atoms with Gasteiger partial charge in [-0.3, -0.25) is 9.69 Å². The van der Waals surface area contributed by atoms with Gasteiger partial charge in [0.2, 0.25) is 5.89 Å². The fourth-order valence-corrected chi connectivity index (χ4v) is 2.41. The van der Waals surface area contributed by atoms with Crippen LogP contribution in [-0.4, -0.2) is 40.8 Å². The lowest BCUT2D eigenvalue weighted by atomic mass is 10.2. The Kier molecular flexibility index (Phi) is 3.51. The molecule has 20 heavy (non-hydrogen) atoms. The molecule has 0 N–H and O–H groups in total. The number of rotatable bonds is 4. The van der Waals surface area contributed by atoms with Gasteiger partial charge in [0.15, 0.2) is 5.76 Å². The van der Waals surface area contributed by atoms with Crippen molar-refractivity contribution in [3.05, 3.63) is 24.3 Å². The van der Waals surface area contributed by atoms with Crippen LogP contribution in [0, 0.1) is 0 Å². The second-order valence-corrected chi connectivity index (χ2v) is 4.63. The van der Waals surface area contributed by atoms with Gasteiger partial charge < -0.3 is 13.6 Å². The lowest BCUT2D eigenvalue weighted by molar-refractivity contribution is -0.146. The summed E-state index contributed by atoms with van der Waals surface area (Å²) in [5.41, 5.74) is 0. The summed E-state index contributed by atoms with van der Waals surface area (Å²) in [4.78, 5) is 13.7. The molecule has 1 unspecified atom stereocenters. The first-order valence-electron chi connectivity index (χ1n) is 6.46. The van der Waals surface area contributed by atoms with Gasteiger partial charge in [-0.25, -0.2) is 0 Å². The van der Waals surface area contributed by atoms with Crippen LogP contribution in [0.15, 0.2) is 27.2 Å². The molecule has 1 aliphatic rings. The second kappa shape index (κ2) is 5.46. The van der Waals surface area contributed by atoms with Gasteiger partial charge >= 0.3 is 5.97 Å². The van der Waals surface area contributed by atoms with E-state index in [-0.39, 0.29) is 12.0 Å². The van der Waals surface area contributed by atoms with Crippen molar-refractivity contribution in [1.29, 1.82) is 0 Å². The van der Waals surface area contributed by atoms with Crippen molar-refractivity contribution < 1.29 is 18.4 Å². The van der Waals surface area contributed by atoms with Crippen molar-refractivity contribution in [2.75, 3.05) is 13.7 Å². The van der Waals surface area contributed by atoms with E-state index in [2.05, 4.69) is 10.2 Å². The van der Waals surface area contributed by atoms with Crippen molar-refractivity contribution in [3.63, 3.8) is 0 Å². The third-order valence-electron chi connectivity index (χ3n) is 3.37. The van der Waals surface area contributed by atoms with Gasteiger partial charge in [0.1, 0.15) is 6.04 Å². The number of aromatic nitrogens is 2. The molecule has 106 valence electrons. The average molecular weight is 277 g/mol. The molecule has 0 radical (unpaired) electrons. The summed E-state index contributed by atoms with van der Waals surface area (Å²) in [6.07, 6.45) is 3.30. The van der Waals surface area contributed by atoms with Gasteiger partial charge in [0.25, 0.3) is 5.89 Å². The van der Waals surface area contributed by atoms with Crippen LogP contribution in [0.1, 0.15) is 18.7 Å². The normalized spacial score (nSPS) is 19.4. The van der Waals surface area contributed by atoms with Crippen molar-refractivity contribution in [2.45, 2.75) is 25.4 Å². The Balaban J connectivity index is 1.70. The van der Waals surface area contributed by atoms with E-state index in [9.17, 15) is 4.79 Å². The third kappa shape index (κ3) is 2.44. The van der Waals surface area contributed by atoms with E-state index in [1.165, 1.54) is 7.11 Å². The maximum Gasteiger partial charge on any atom is 0.323 e. The minimum Gasteiger partial charge on any atom is -0.468 e. The smallest absolute Gasteiger partial charge is 0.323 e. The lowest BCUT2D eigenvalue weighted by Crippen LogP contribution is -2.36. The molecule has 7 nitrogen and oxygen atoms in total. The number of hydrogen-bond donors (Lipinski definition) is 0. The summed E-state index contributed by atoms with van der Waals surface area (Å²) in [6, 6.07) is 3.29. The van der Waals surface area contributed by atoms with E-state index in [1.807, 2.05) is 4.90 Å². The largest absolute Gasteiger partial charge is 0.468 e. The monoisotopic (exact) mass is 277 g/mol. The Hall–Kier alpha value is -2.15. The molecule has 1 saturated heterocycles. The SMILES string of the molecule is COC(=O)C1CCCN1Cc1nnc(-c2ccco2)o1. The van der Waals surface area contributed by atoms with Gasteiger partial charge in [0.05, 0.1) is 19.9 Å². The highest BCUT2D eigenvalue weighted by Crippen LogP contribution is 2.23. The number of nitrogens with zero attached hydrogens (tertiary/aromatic N) is 3. The molecule has 0 bridgehead atoms. The first-order chi connectivity index (χ1) is 9.78. The standard InChI is InChI=1S/C13H15N3O4/c1-18-13(17)9-4-2-6-16(9)8-11-14-15-12(20-11)10-5-3-7-19-10/h3,5,7,9H,2,4,6,8H2,1H3. The van der Waals surface area contributed by atoms with Crippen molar-refractivity contribution in [2.24, 2.45) is 0 Å². The number of methoxy groups -OCH3 is 1. The fourth-order valence-electron chi connectivity index (χ4n) is 2.41. The van der Waals surface area contributed by atoms with Gasteiger partial charge in [0, 0.05) is 0 Å². The van der Waals surface area contributed by atoms with Gasteiger partial charge in [-0.05, 0) is 31.5 Å². The fraction of sp³-hybridized carbons (Fsp3) is 0.462. The second-order valence-electron chi connectivity index (χ2n) is 4.63. The molecule has 2 aromatic heterocycles. The van der Waals surface area contributed by atoms with Crippen molar-refractivity contribution in [3.8, 4) is 11.7 Å². The molecule has 0 aliphatic carbocycles. The number of likely N-dealkylation sites (tertiary alicyclic amines) is 1.